The Balaban J connectivity index is 2.90. The summed E-state index contributed by atoms with van der Waals surface area (Å²) < 4.78 is 1.65. The van der Waals surface area contributed by atoms with E-state index in [2.05, 4.69) is 5.10 Å². The third kappa shape index (κ3) is 1.08. The Kier molecular flexibility index (Phi) is 1.77. The van der Waals surface area contributed by atoms with Gasteiger partial charge in [-0.15, -0.1) is 0 Å². The van der Waals surface area contributed by atoms with Gasteiger partial charge in [0.05, 0.1) is 11.7 Å². The van der Waals surface area contributed by atoms with Gasteiger partial charge in [0.25, 0.3) is 0 Å². The van der Waals surface area contributed by atoms with E-state index in [9.17, 15) is 4.79 Å². The third-order valence-corrected chi connectivity index (χ3v) is 2.28. The largest absolute Gasteiger partial charge is 0.478 e. The Hall–Kier alpha value is -1.84. The van der Waals surface area contributed by atoms with Crippen LogP contribution < -0.4 is 0 Å². The molecular weight excluding hydrogens is 180 g/mol. The highest BCUT2D eigenvalue weighted by Gasteiger charge is 2.13. The maximum absolute atomic E-state index is 10.9. The number of pyridine rings is 1. The Labute approximate surface area is 80.8 Å². The van der Waals surface area contributed by atoms with Gasteiger partial charge in [0, 0.05) is 5.69 Å². The lowest BCUT2D eigenvalue weighted by Gasteiger charge is -2.02. The number of hydrogen-bond acceptors (Lipinski definition) is 2. The first-order chi connectivity index (χ1) is 6.61. The molecule has 4 nitrogen and oxygen atoms in total. The summed E-state index contributed by atoms with van der Waals surface area (Å²) in [7, 11) is 0. The van der Waals surface area contributed by atoms with Crippen molar-refractivity contribution in [1.82, 2.24) is 9.61 Å². The SMILES string of the molecule is Cc1ccc(C)n2ncc(C(=O)O)c12. The Morgan fingerprint density at radius 1 is 1.43 bits per heavy atom. The van der Waals surface area contributed by atoms with Crippen LogP contribution in [0.15, 0.2) is 18.3 Å². The van der Waals surface area contributed by atoms with Gasteiger partial charge in [0.15, 0.2) is 0 Å². The highest BCUT2D eigenvalue weighted by atomic mass is 16.4. The molecule has 72 valence electrons. The lowest BCUT2D eigenvalue weighted by Crippen LogP contribution is -1.99. The Morgan fingerprint density at radius 3 is 2.79 bits per heavy atom. The molecule has 0 fully saturated rings. The lowest BCUT2D eigenvalue weighted by atomic mass is 10.1. The number of hydrogen-bond donors (Lipinski definition) is 1. The number of aromatic carboxylic acids is 1. The summed E-state index contributed by atoms with van der Waals surface area (Å²) in [5.41, 5.74) is 2.78. The first-order valence-corrected chi connectivity index (χ1v) is 4.28. The number of carbonyl (C=O) groups is 1. The van der Waals surface area contributed by atoms with Crippen LogP contribution in [0.2, 0.25) is 0 Å². The van der Waals surface area contributed by atoms with E-state index >= 15 is 0 Å². The van der Waals surface area contributed by atoms with Crippen molar-refractivity contribution in [1.29, 1.82) is 0 Å². The highest BCUT2D eigenvalue weighted by molar-refractivity contribution is 5.96. The van der Waals surface area contributed by atoms with Crippen LogP contribution in [0.3, 0.4) is 0 Å². The van der Waals surface area contributed by atoms with E-state index in [0.717, 1.165) is 11.3 Å². The molecule has 4 heteroatoms. The second kappa shape index (κ2) is 2.83. The van der Waals surface area contributed by atoms with Gasteiger partial charge < -0.3 is 5.11 Å². The number of carboxylic acid groups (broad SMARTS) is 1. The molecule has 0 radical (unpaired) electrons. The van der Waals surface area contributed by atoms with Gasteiger partial charge in [0.2, 0.25) is 0 Å². The summed E-state index contributed by atoms with van der Waals surface area (Å²) >= 11 is 0. The van der Waals surface area contributed by atoms with E-state index in [1.54, 1.807) is 4.52 Å². The molecule has 0 saturated heterocycles. The van der Waals surface area contributed by atoms with Crippen molar-refractivity contribution in [2.45, 2.75) is 13.8 Å². The quantitative estimate of drug-likeness (QED) is 0.743. The number of carboxylic acids is 1. The van der Waals surface area contributed by atoms with Crippen molar-refractivity contribution in [3.05, 3.63) is 35.2 Å². The van der Waals surface area contributed by atoms with Crippen LogP contribution in [-0.4, -0.2) is 20.7 Å². The maximum atomic E-state index is 10.9. The monoisotopic (exact) mass is 190 g/mol. The minimum atomic E-state index is -0.936. The standard InChI is InChI=1S/C10H10N2O2/c1-6-3-4-7(2)12-9(6)8(5-11-12)10(13)14/h3-5H,1-2H3,(H,13,14). The second-order valence-electron chi connectivity index (χ2n) is 3.28. The number of fused-ring (bicyclic) bond motifs is 1. The van der Waals surface area contributed by atoms with E-state index in [1.807, 2.05) is 26.0 Å². The zero-order chi connectivity index (χ0) is 10.3. The van der Waals surface area contributed by atoms with Crippen molar-refractivity contribution < 1.29 is 9.90 Å². The van der Waals surface area contributed by atoms with Gasteiger partial charge in [-0.3, -0.25) is 0 Å². The van der Waals surface area contributed by atoms with E-state index in [4.69, 9.17) is 5.11 Å². The summed E-state index contributed by atoms with van der Waals surface area (Å²) in [5.74, 6) is -0.936. The fourth-order valence-corrected chi connectivity index (χ4v) is 1.55. The molecule has 2 rings (SSSR count). The van der Waals surface area contributed by atoms with Gasteiger partial charge in [-0.25, -0.2) is 9.31 Å². The van der Waals surface area contributed by atoms with Crippen molar-refractivity contribution in [3.63, 3.8) is 0 Å². The summed E-state index contributed by atoms with van der Waals surface area (Å²) in [6, 6.07) is 3.82. The highest BCUT2D eigenvalue weighted by Crippen LogP contribution is 2.16. The Morgan fingerprint density at radius 2 is 2.14 bits per heavy atom. The summed E-state index contributed by atoms with van der Waals surface area (Å²) in [4.78, 5) is 10.9. The fraction of sp³-hybridized carbons (Fsp3) is 0.200. The minimum absolute atomic E-state index is 0.256. The maximum Gasteiger partial charge on any atom is 0.339 e. The van der Waals surface area contributed by atoms with Crippen LogP contribution in [0.4, 0.5) is 0 Å². The van der Waals surface area contributed by atoms with Gasteiger partial charge in [-0.2, -0.15) is 5.10 Å². The molecule has 0 aliphatic heterocycles. The zero-order valence-corrected chi connectivity index (χ0v) is 7.98. The number of aromatic nitrogens is 2. The molecule has 2 aromatic heterocycles. The van der Waals surface area contributed by atoms with Gasteiger partial charge in [-0.1, -0.05) is 6.07 Å². The van der Waals surface area contributed by atoms with Crippen molar-refractivity contribution in [2.75, 3.05) is 0 Å². The van der Waals surface area contributed by atoms with Crippen molar-refractivity contribution in [3.8, 4) is 0 Å². The molecule has 0 spiro atoms. The second-order valence-corrected chi connectivity index (χ2v) is 3.28. The molecule has 14 heavy (non-hydrogen) atoms. The molecule has 0 aromatic carbocycles. The molecule has 0 saturated carbocycles. The predicted molar refractivity (Wildman–Crippen MR) is 51.6 cm³/mol. The first kappa shape index (κ1) is 8.74. The molecule has 2 aromatic rings. The fourth-order valence-electron chi connectivity index (χ4n) is 1.55. The zero-order valence-electron chi connectivity index (χ0n) is 7.98. The predicted octanol–water partition coefficient (Wildman–Crippen LogP) is 1.65. The molecule has 0 aliphatic carbocycles. The van der Waals surface area contributed by atoms with E-state index in [-0.39, 0.29) is 5.56 Å². The van der Waals surface area contributed by atoms with Gasteiger partial charge >= 0.3 is 5.97 Å². The molecular formula is C10H10N2O2. The van der Waals surface area contributed by atoms with Crippen molar-refractivity contribution >= 4 is 11.5 Å². The van der Waals surface area contributed by atoms with Crippen LogP contribution in [0.1, 0.15) is 21.6 Å². The third-order valence-electron chi connectivity index (χ3n) is 2.28. The van der Waals surface area contributed by atoms with Gasteiger partial charge in [-0.05, 0) is 25.5 Å². The number of nitrogens with zero attached hydrogens (tertiary/aromatic N) is 2. The lowest BCUT2D eigenvalue weighted by molar-refractivity contribution is 0.0699. The molecule has 0 bridgehead atoms. The topological polar surface area (TPSA) is 54.6 Å². The van der Waals surface area contributed by atoms with Crippen LogP contribution in [0.5, 0.6) is 0 Å². The number of rotatable bonds is 1. The first-order valence-electron chi connectivity index (χ1n) is 4.28. The van der Waals surface area contributed by atoms with E-state index in [0.29, 0.717) is 5.52 Å². The van der Waals surface area contributed by atoms with Crippen LogP contribution >= 0.6 is 0 Å². The summed E-state index contributed by atoms with van der Waals surface area (Å²) in [5, 5.41) is 13.0. The normalized spacial score (nSPS) is 10.7. The molecule has 0 amide bonds. The van der Waals surface area contributed by atoms with Crippen LogP contribution in [0, 0.1) is 13.8 Å². The number of aryl methyl sites for hydroxylation is 2. The molecule has 0 unspecified atom stereocenters. The van der Waals surface area contributed by atoms with E-state index < -0.39 is 5.97 Å². The molecule has 2 heterocycles. The summed E-state index contributed by atoms with van der Waals surface area (Å²) in [6.45, 7) is 3.77. The average Bonchev–Trinajstić information content (AvgIpc) is 2.56. The molecule has 0 atom stereocenters. The smallest absolute Gasteiger partial charge is 0.339 e. The van der Waals surface area contributed by atoms with Gasteiger partial charge in [0.1, 0.15) is 5.56 Å². The van der Waals surface area contributed by atoms with Crippen molar-refractivity contribution in [2.24, 2.45) is 0 Å². The summed E-state index contributed by atoms with van der Waals surface area (Å²) in [6.07, 6.45) is 1.39. The average molecular weight is 190 g/mol. The van der Waals surface area contributed by atoms with E-state index in [1.165, 1.54) is 6.20 Å². The molecule has 1 N–H and O–H groups in total. The van der Waals surface area contributed by atoms with Crippen LogP contribution in [0.25, 0.3) is 5.52 Å². The molecule has 0 aliphatic rings. The Bertz CT molecular complexity index is 514. The minimum Gasteiger partial charge on any atom is -0.478 e. The van der Waals surface area contributed by atoms with Crippen LogP contribution in [-0.2, 0) is 0 Å².